The van der Waals surface area contributed by atoms with Crippen molar-refractivity contribution in [1.82, 2.24) is 5.32 Å². The van der Waals surface area contributed by atoms with Gasteiger partial charge in [0.05, 0.1) is 29.9 Å². The van der Waals surface area contributed by atoms with Crippen LogP contribution in [0, 0.1) is 23.7 Å². The second-order valence-electron chi connectivity index (χ2n) is 9.30. The van der Waals surface area contributed by atoms with Gasteiger partial charge in [-0.2, -0.15) is 0 Å². The summed E-state index contributed by atoms with van der Waals surface area (Å²) in [5, 5.41) is 3.16. The van der Waals surface area contributed by atoms with Gasteiger partial charge in [-0.3, -0.25) is 9.59 Å². The first-order valence-corrected chi connectivity index (χ1v) is 13.1. The average Bonchev–Trinajstić information content (AvgIpc) is 3.43. The highest BCUT2D eigenvalue weighted by molar-refractivity contribution is 7.90. The van der Waals surface area contributed by atoms with Gasteiger partial charge in [-0.1, -0.05) is 36.4 Å². The van der Waals surface area contributed by atoms with Crippen LogP contribution < -0.4 is 10.2 Å². The fourth-order valence-corrected chi connectivity index (χ4v) is 5.76. The number of nitrogens with one attached hydrogen (secondary N) is 1. The summed E-state index contributed by atoms with van der Waals surface area (Å²) in [7, 11) is 1.89. The molecule has 1 fully saturated rings. The summed E-state index contributed by atoms with van der Waals surface area (Å²) in [4.78, 5) is 28.3. The van der Waals surface area contributed by atoms with Crippen LogP contribution in [-0.4, -0.2) is 47.8 Å². The number of anilines is 1. The Morgan fingerprint density at radius 1 is 1.00 bits per heavy atom. The van der Waals surface area contributed by atoms with Gasteiger partial charge in [-0.25, -0.2) is 8.42 Å². The minimum absolute atomic E-state index is 0.00419. The topological polar surface area (TPSA) is 92.8 Å². The van der Waals surface area contributed by atoms with E-state index in [0.29, 0.717) is 0 Å². The van der Waals surface area contributed by atoms with Crippen LogP contribution in [0.2, 0.25) is 0 Å². The van der Waals surface area contributed by atoms with Crippen molar-refractivity contribution in [2.24, 2.45) is 23.7 Å². The molecule has 0 aromatic heterocycles. The molecule has 2 aliphatic carbocycles. The van der Waals surface area contributed by atoms with Gasteiger partial charge in [0.2, 0.25) is 5.91 Å². The van der Waals surface area contributed by atoms with E-state index in [0.717, 1.165) is 29.5 Å². The molecule has 0 heterocycles. The normalized spacial score (nSPS) is 24.0. The minimum atomic E-state index is -3.34. The van der Waals surface area contributed by atoms with Crippen LogP contribution in [0.3, 0.4) is 0 Å². The number of allylic oxidation sites excluding steroid dienone is 2. The lowest BCUT2D eigenvalue weighted by atomic mass is 9.82. The van der Waals surface area contributed by atoms with E-state index in [1.165, 1.54) is 7.11 Å². The molecule has 1 N–H and O–H groups in total. The van der Waals surface area contributed by atoms with Crippen molar-refractivity contribution in [3.63, 3.8) is 0 Å². The summed E-state index contributed by atoms with van der Waals surface area (Å²) in [6.07, 6.45) is 5.97. The van der Waals surface area contributed by atoms with Crippen LogP contribution in [0.25, 0.3) is 0 Å². The highest BCUT2D eigenvalue weighted by Gasteiger charge is 2.52. The van der Waals surface area contributed by atoms with E-state index in [1.54, 1.807) is 24.3 Å². The monoisotopic (exact) mass is 482 g/mol. The number of benzene rings is 2. The second kappa shape index (κ2) is 9.25. The van der Waals surface area contributed by atoms with Crippen molar-refractivity contribution in [3.05, 3.63) is 71.8 Å². The zero-order chi connectivity index (χ0) is 24.6. The third-order valence-corrected chi connectivity index (χ3v) is 8.01. The number of hydrogen-bond acceptors (Lipinski definition) is 6. The molecule has 2 aliphatic rings. The van der Waals surface area contributed by atoms with E-state index in [9.17, 15) is 18.0 Å². The maximum atomic E-state index is 13.6. The lowest BCUT2D eigenvalue weighted by Crippen LogP contribution is -2.42. The summed E-state index contributed by atoms with van der Waals surface area (Å²) in [6, 6.07) is 13.9. The van der Waals surface area contributed by atoms with Crippen molar-refractivity contribution in [1.29, 1.82) is 0 Å². The number of hydrogen-bond donors (Lipinski definition) is 1. The van der Waals surface area contributed by atoms with Crippen molar-refractivity contribution in [2.75, 3.05) is 32.4 Å². The average molecular weight is 483 g/mol. The molecule has 2 aromatic carbocycles. The zero-order valence-electron chi connectivity index (χ0n) is 19.8. The summed E-state index contributed by atoms with van der Waals surface area (Å²) in [5.41, 5.74) is 2.59. The Labute approximate surface area is 200 Å². The molecule has 180 valence electrons. The largest absolute Gasteiger partial charge is 0.469 e. The Bertz CT molecular complexity index is 1220. The number of carbonyl (C=O) groups excluding carboxylic acids is 2. The summed E-state index contributed by atoms with van der Waals surface area (Å²) in [6.45, 7) is 0. The van der Waals surface area contributed by atoms with E-state index in [1.807, 2.05) is 55.4 Å². The van der Waals surface area contributed by atoms with Crippen LogP contribution in [0.1, 0.15) is 23.6 Å². The molecule has 0 aliphatic heterocycles. The lowest BCUT2D eigenvalue weighted by molar-refractivity contribution is -0.151. The predicted octanol–water partition coefficient (Wildman–Crippen LogP) is 2.97. The number of carbonyl (C=O) groups is 2. The molecule has 2 aromatic rings. The van der Waals surface area contributed by atoms with E-state index < -0.39 is 27.7 Å². The molecule has 5 atom stereocenters. The number of amides is 1. The maximum Gasteiger partial charge on any atom is 0.310 e. The molecule has 0 spiro atoms. The molecule has 1 amide bonds. The second-order valence-corrected chi connectivity index (χ2v) is 11.3. The summed E-state index contributed by atoms with van der Waals surface area (Å²) >= 11 is 0. The smallest absolute Gasteiger partial charge is 0.310 e. The van der Waals surface area contributed by atoms with E-state index in [2.05, 4.69) is 5.32 Å². The number of sulfone groups is 1. The molecule has 2 bridgehead atoms. The lowest BCUT2D eigenvalue weighted by Gasteiger charge is -2.28. The molecule has 1 unspecified atom stereocenters. The van der Waals surface area contributed by atoms with Gasteiger partial charge in [0, 0.05) is 26.0 Å². The third-order valence-electron chi connectivity index (χ3n) is 6.88. The van der Waals surface area contributed by atoms with Crippen molar-refractivity contribution in [3.8, 4) is 0 Å². The van der Waals surface area contributed by atoms with Crippen molar-refractivity contribution >= 4 is 27.4 Å². The Kier molecular flexibility index (Phi) is 6.53. The van der Waals surface area contributed by atoms with Crippen LogP contribution in [0.4, 0.5) is 5.69 Å². The molecular formula is C26H30N2O5S. The SMILES string of the molecule is COC(=O)[C@@H]1[C@H](C(=O)NC(c2ccc(S(C)(=O)=O)cc2)c2cccc(N(C)C)c2)[C@@H]2C=C[C@H]1C2. The molecular weight excluding hydrogens is 452 g/mol. The number of esters is 1. The molecule has 4 rings (SSSR count). The number of fused-ring (bicyclic) bond motifs is 2. The standard InChI is InChI=1S/C26H30N2O5S/c1-28(2)20-7-5-6-19(15-20)24(16-10-12-21(13-11-16)34(4,31)32)27-25(29)22-17-8-9-18(14-17)23(22)26(30)33-3/h5-13,15,17-18,22-24H,14H2,1-4H3,(H,27,29)/t17-,18+,22-,23+,24?/m1/s1. The van der Waals surface area contributed by atoms with Crippen molar-refractivity contribution in [2.45, 2.75) is 17.4 Å². The van der Waals surface area contributed by atoms with E-state index in [4.69, 9.17) is 4.74 Å². The number of ether oxygens (including phenoxy) is 1. The Hall–Kier alpha value is -3.13. The Morgan fingerprint density at radius 3 is 2.24 bits per heavy atom. The van der Waals surface area contributed by atoms with Gasteiger partial charge >= 0.3 is 5.97 Å². The Balaban J connectivity index is 1.70. The molecule has 34 heavy (non-hydrogen) atoms. The van der Waals surface area contributed by atoms with Crippen LogP contribution in [0.15, 0.2) is 65.6 Å². The first kappa shape index (κ1) is 24.0. The summed E-state index contributed by atoms with van der Waals surface area (Å²) in [5.74, 6) is -1.56. The van der Waals surface area contributed by atoms with Crippen molar-refractivity contribution < 1.29 is 22.7 Å². The van der Waals surface area contributed by atoms with Gasteiger partial charge in [0.15, 0.2) is 9.84 Å². The van der Waals surface area contributed by atoms with Gasteiger partial charge in [0.1, 0.15) is 0 Å². The van der Waals surface area contributed by atoms with E-state index >= 15 is 0 Å². The van der Waals surface area contributed by atoms with Gasteiger partial charge in [0.25, 0.3) is 0 Å². The molecule has 7 nitrogen and oxygen atoms in total. The molecule has 8 heteroatoms. The fourth-order valence-electron chi connectivity index (χ4n) is 5.12. The van der Waals surface area contributed by atoms with Crippen LogP contribution in [-0.2, 0) is 24.2 Å². The van der Waals surface area contributed by atoms with Gasteiger partial charge in [-0.05, 0) is 53.6 Å². The quantitative estimate of drug-likeness (QED) is 0.482. The molecule has 0 saturated heterocycles. The molecule has 0 radical (unpaired) electrons. The van der Waals surface area contributed by atoms with Gasteiger partial charge < -0.3 is 15.0 Å². The predicted molar refractivity (Wildman–Crippen MR) is 130 cm³/mol. The fraction of sp³-hybridized carbons (Fsp3) is 0.385. The first-order valence-electron chi connectivity index (χ1n) is 11.2. The Morgan fingerprint density at radius 2 is 1.65 bits per heavy atom. The highest BCUT2D eigenvalue weighted by Crippen LogP contribution is 2.48. The zero-order valence-corrected chi connectivity index (χ0v) is 20.6. The number of rotatable bonds is 7. The highest BCUT2D eigenvalue weighted by atomic mass is 32.2. The van der Waals surface area contributed by atoms with Crippen LogP contribution >= 0.6 is 0 Å². The van der Waals surface area contributed by atoms with Gasteiger partial charge in [-0.15, -0.1) is 0 Å². The summed E-state index contributed by atoms with van der Waals surface area (Å²) < 4.78 is 28.9. The van der Waals surface area contributed by atoms with Crippen LogP contribution in [0.5, 0.6) is 0 Å². The number of nitrogens with zero attached hydrogens (tertiary/aromatic N) is 1. The molecule has 1 saturated carbocycles. The minimum Gasteiger partial charge on any atom is -0.469 e. The third kappa shape index (κ3) is 4.59. The first-order chi connectivity index (χ1) is 16.1. The maximum absolute atomic E-state index is 13.6. The van der Waals surface area contributed by atoms with E-state index in [-0.39, 0.29) is 28.6 Å². The number of methoxy groups -OCH3 is 1.